The molecule has 14 heteroatoms. The summed E-state index contributed by atoms with van der Waals surface area (Å²) in [6, 6.07) is 9.70. The molecule has 0 spiro atoms. The first-order chi connectivity index (χ1) is 26.3. The molecule has 1 aromatic rings. The van der Waals surface area contributed by atoms with Gasteiger partial charge in [-0.25, -0.2) is 4.79 Å². The number of amides is 1. The standard InChI is InChI=1S/C25H38N2O6.C17H32N2O4/c1-18-15-31-25(21(20(18)29-5)32-23(2,3)33-25)17-27-13-11-24(4,12-14-27)26-22(28)30-16-19-9-7-6-8-10-19;1-12-10-21-17(11-19-8-6-16(4,18)7-9-19)14(13(12)20-5)22-15(2,3)23-17/h6-10,18,20-21H,11-17H2,1-5H3,(H,26,28);12-14H,6-11,18H2,1-5H3/t18-,20?,21+,25+;12-,13?,14+,17+/m11/s1. The molecule has 1 aromatic carbocycles. The highest BCUT2D eigenvalue weighted by atomic mass is 16.9. The van der Waals surface area contributed by atoms with Crippen LogP contribution in [0.3, 0.4) is 0 Å². The predicted octanol–water partition coefficient (Wildman–Crippen LogP) is 4.63. The molecule has 0 radical (unpaired) electrons. The molecule has 0 saturated carbocycles. The van der Waals surface area contributed by atoms with E-state index in [9.17, 15) is 4.79 Å². The minimum absolute atomic E-state index is 0.0184. The van der Waals surface area contributed by atoms with Crippen LogP contribution in [0.25, 0.3) is 0 Å². The molecule has 6 heterocycles. The number of ether oxygens (including phenoxy) is 9. The van der Waals surface area contributed by atoms with Gasteiger partial charge in [0.15, 0.2) is 11.6 Å². The Balaban J connectivity index is 0.000000202. The van der Waals surface area contributed by atoms with Crippen molar-refractivity contribution in [3.05, 3.63) is 35.9 Å². The molecule has 7 rings (SSSR count). The van der Waals surface area contributed by atoms with Crippen molar-refractivity contribution in [2.75, 3.05) is 66.7 Å². The van der Waals surface area contributed by atoms with Gasteiger partial charge >= 0.3 is 6.09 Å². The second-order valence-corrected chi connectivity index (χ2v) is 18.6. The van der Waals surface area contributed by atoms with Crippen LogP contribution in [0.15, 0.2) is 30.3 Å². The first-order valence-electron chi connectivity index (χ1n) is 20.6. The normalized spacial score (nSPS) is 37.4. The van der Waals surface area contributed by atoms with Crippen LogP contribution in [0.1, 0.15) is 86.6 Å². The zero-order valence-electron chi connectivity index (χ0n) is 35.6. The Morgan fingerprint density at radius 2 is 1.20 bits per heavy atom. The van der Waals surface area contributed by atoms with E-state index in [4.69, 9.17) is 48.4 Å². The summed E-state index contributed by atoms with van der Waals surface area (Å²) in [6.45, 7) is 22.5. The van der Waals surface area contributed by atoms with Gasteiger partial charge in [-0.1, -0.05) is 44.2 Å². The molecule has 6 aliphatic heterocycles. The SMILES string of the molecule is COC1[C@H](C)CO[C@@]2(CN3CCC(C)(N)CC3)OC(C)(C)O[C@@H]12.COC1[C@H](C)CO[C@@]2(CN3CCC(C)(NC(=O)OCc4ccccc4)CC3)OC(C)(C)O[C@@H]12. The maximum Gasteiger partial charge on any atom is 0.407 e. The molecule has 0 aromatic heterocycles. The zero-order chi connectivity index (χ0) is 40.6. The van der Waals surface area contributed by atoms with Crippen molar-refractivity contribution >= 4 is 6.09 Å². The Bertz CT molecular complexity index is 1450. The number of methoxy groups -OCH3 is 2. The van der Waals surface area contributed by atoms with E-state index in [1.54, 1.807) is 14.2 Å². The van der Waals surface area contributed by atoms with Gasteiger partial charge in [-0.3, -0.25) is 9.80 Å². The highest BCUT2D eigenvalue weighted by molar-refractivity contribution is 5.68. The van der Waals surface area contributed by atoms with Crippen molar-refractivity contribution in [2.24, 2.45) is 17.6 Å². The molecule has 0 bridgehead atoms. The number of carbonyl (C=O) groups is 1. The average Bonchev–Trinajstić information content (AvgIpc) is 3.57. The number of nitrogens with zero attached hydrogens (tertiary/aromatic N) is 2. The summed E-state index contributed by atoms with van der Waals surface area (Å²) in [5.41, 5.74) is 6.85. The zero-order valence-corrected chi connectivity index (χ0v) is 35.6. The van der Waals surface area contributed by atoms with E-state index in [0.717, 1.165) is 57.4 Å². The number of alkyl carbamates (subject to hydrolysis) is 1. The summed E-state index contributed by atoms with van der Waals surface area (Å²) in [7, 11) is 3.47. The van der Waals surface area contributed by atoms with Crippen LogP contribution in [-0.4, -0.2) is 141 Å². The molecule has 0 aliphatic carbocycles. The average molecular weight is 791 g/mol. The molecular formula is C42H70N4O10. The Kier molecular flexibility index (Phi) is 13.2. The van der Waals surface area contributed by atoms with Gasteiger partial charge in [0.1, 0.15) is 18.8 Å². The molecule has 56 heavy (non-hydrogen) atoms. The van der Waals surface area contributed by atoms with Gasteiger partial charge in [-0.15, -0.1) is 0 Å². The first-order valence-corrected chi connectivity index (χ1v) is 20.6. The van der Waals surface area contributed by atoms with E-state index >= 15 is 0 Å². The molecule has 1 amide bonds. The van der Waals surface area contributed by atoms with Crippen LogP contribution < -0.4 is 11.1 Å². The lowest BCUT2D eigenvalue weighted by Gasteiger charge is -2.47. The molecular weight excluding hydrogens is 720 g/mol. The van der Waals surface area contributed by atoms with E-state index in [2.05, 4.69) is 42.8 Å². The third-order valence-electron chi connectivity index (χ3n) is 12.4. The van der Waals surface area contributed by atoms with Crippen molar-refractivity contribution in [1.82, 2.24) is 15.1 Å². The number of fused-ring (bicyclic) bond motifs is 2. The van der Waals surface area contributed by atoms with E-state index < -0.39 is 23.1 Å². The third kappa shape index (κ3) is 10.1. The van der Waals surface area contributed by atoms with Gasteiger partial charge in [-0.2, -0.15) is 0 Å². The van der Waals surface area contributed by atoms with Crippen molar-refractivity contribution in [2.45, 2.75) is 146 Å². The maximum absolute atomic E-state index is 12.4. The number of carbonyl (C=O) groups excluding carboxylic acids is 1. The quantitative estimate of drug-likeness (QED) is 0.359. The van der Waals surface area contributed by atoms with E-state index in [-0.39, 0.29) is 60.0 Å². The summed E-state index contributed by atoms with van der Waals surface area (Å²) < 4.78 is 54.6. The van der Waals surface area contributed by atoms with Crippen LogP contribution in [-0.2, 0) is 49.2 Å². The maximum atomic E-state index is 12.4. The van der Waals surface area contributed by atoms with Gasteiger partial charge in [0.2, 0.25) is 11.6 Å². The van der Waals surface area contributed by atoms with Gasteiger partial charge in [-0.05, 0) is 72.8 Å². The van der Waals surface area contributed by atoms with Gasteiger partial charge in [0.25, 0.3) is 0 Å². The molecule has 6 aliphatic rings. The van der Waals surface area contributed by atoms with Gasteiger partial charge < -0.3 is 53.7 Å². The lowest BCUT2D eigenvalue weighted by atomic mass is 9.87. The molecule has 318 valence electrons. The third-order valence-corrected chi connectivity index (χ3v) is 12.4. The number of nitrogens with two attached hydrogens (primary N) is 1. The van der Waals surface area contributed by atoms with Crippen LogP contribution in [0.4, 0.5) is 4.79 Å². The number of hydrogen-bond donors (Lipinski definition) is 2. The summed E-state index contributed by atoms with van der Waals surface area (Å²) in [4.78, 5) is 17.1. The fraction of sp³-hybridized carbons (Fsp3) is 0.833. The molecule has 3 N–H and O–H groups in total. The molecule has 14 nitrogen and oxygen atoms in total. The van der Waals surface area contributed by atoms with Crippen molar-refractivity contribution in [3.63, 3.8) is 0 Å². The van der Waals surface area contributed by atoms with Crippen molar-refractivity contribution in [1.29, 1.82) is 0 Å². The molecule has 2 unspecified atom stereocenters. The van der Waals surface area contributed by atoms with Gasteiger partial charge in [0.05, 0.1) is 38.5 Å². The lowest BCUT2D eigenvalue weighted by molar-refractivity contribution is -0.292. The fourth-order valence-electron chi connectivity index (χ4n) is 9.20. The van der Waals surface area contributed by atoms with Crippen molar-refractivity contribution < 1.29 is 47.4 Å². The smallest absolute Gasteiger partial charge is 0.407 e. The second kappa shape index (κ2) is 17.0. The van der Waals surface area contributed by atoms with Crippen LogP contribution in [0.2, 0.25) is 0 Å². The van der Waals surface area contributed by atoms with E-state index in [0.29, 0.717) is 26.3 Å². The van der Waals surface area contributed by atoms with Crippen molar-refractivity contribution in [3.8, 4) is 0 Å². The number of benzene rings is 1. The largest absolute Gasteiger partial charge is 0.445 e. The summed E-state index contributed by atoms with van der Waals surface area (Å²) in [5.74, 6) is -2.50. The van der Waals surface area contributed by atoms with E-state index in [1.165, 1.54) is 0 Å². The highest BCUT2D eigenvalue weighted by Crippen LogP contribution is 2.46. The van der Waals surface area contributed by atoms with Crippen LogP contribution in [0, 0.1) is 11.8 Å². The predicted molar refractivity (Wildman–Crippen MR) is 209 cm³/mol. The minimum Gasteiger partial charge on any atom is -0.445 e. The second-order valence-electron chi connectivity index (χ2n) is 18.6. The summed E-state index contributed by atoms with van der Waals surface area (Å²) in [5, 5.41) is 3.07. The van der Waals surface area contributed by atoms with E-state index in [1.807, 2.05) is 58.0 Å². The minimum atomic E-state index is -0.855. The lowest BCUT2D eigenvalue weighted by Crippen LogP contribution is -2.63. The fourth-order valence-corrected chi connectivity index (χ4v) is 9.20. The van der Waals surface area contributed by atoms with Gasteiger partial charge in [0, 0.05) is 63.3 Å². The number of likely N-dealkylation sites (tertiary alicyclic amines) is 2. The Morgan fingerprint density at radius 3 is 1.64 bits per heavy atom. The Labute approximate surface area is 334 Å². The first kappa shape index (κ1) is 43.6. The number of hydrogen-bond acceptors (Lipinski definition) is 13. The Morgan fingerprint density at radius 1 is 0.750 bits per heavy atom. The van der Waals surface area contributed by atoms with Crippen LogP contribution in [0.5, 0.6) is 0 Å². The topological polar surface area (TPSA) is 145 Å². The highest BCUT2D eigenvalue weighted by Gasteiger charge is 2.63. The summed E-state index contributed by atoms with van der Waals surface area (Å²) >= 11 is 0. The number of nitrogens with one attached hydrogen (secondary N) is 1. The molecule has 8 atom stereocenters. The molecule has 6 saturated heterocycles. The van der Waals surface area contributed by atoms with Crippen LogP contribution >= 0.6 is 0 Å². The number of piperidine rings is 2. The molecule has 6 fully saturated rings. The number of rotatable bonds is 9. The monoisotopic (exact) mass is 791 g/mol. The Hall–Kier alpha value is -1.95. The summed E-state index contributed by atoms with van der Waals surface area (Å²) in [6.07, 6.45) is 2.61.